The Hall–Kier alpha value is -0.400. The van der Waals surface area contributed by atoms with E-state index >= 15 is 0 Å². The Bertz CT molecular complexity index is 375. The van der Waals surface area contributed by atoms with Crippen LogP contribution in [0.4, 0.5) is 0 Å². The van der Waals surface area contributed by atoms with Crippen LogP contribution in [0.3, 0.4) is 0 Å². The van der Waals surface area contributed by atoms with Crippen molar-refractivity contribution in [1.29, 1.82) is 0 Å². The standard InChI is InChI=1S/C12H25N3O7/c13-2-5-7(17)8(18)10(20)12(21-5)22-11-4(15)1-3(14)6(16)9(11)19/h3-12,16-20H,1-2,13-15H2/t3-,4+,5+,6+,7+,8-,9-,10-,11-,12+/m0/s1. The predicted octanol–water partition coefficient (Wildman–Crippen LogP) is -5.08. The number of aliphatic hydroxyl groups excluding tert-OH is 5. The highest BCUT2D eigenvalue weighted by Gasteiger charge is 2.48. The normalized spacial score (nSPS) is 53.5. The summed E-state index contributed by atoms with van der Waals surface area (Å²) < 4.78 is 10.8. The number of ether oxygens (including phenoxy) is 2. The highest BCUT2D eigenvalue weighted by Crippen LogP contribution is 2.27. The topological polar surface area (TPSA) is 198 Å². The minimum atomic E-state index is -1.55. The SMILES string of the molecule is NC[C@H]1O[C@H](O[C@@H]2[C@@H](O)[C@H](O)[C@@H](N)C[C@H]2N)[C@@H](O)[C@@H](O)[C@@H]1O. The minimum absolute atomic E-state index is 0.0996. The van der Waals surface area contributed by atoms with Crippen LogP contribution in [0, 0.1) is 0 Å². The fourth-order valence-corrected chi connectivity index (χ4v) is 2.85. The fraction of sp³-hybridized carbons (Fsp3) is 1.00. The number of hydrogen-bond acceptors (Lipinski definition) is 10. The second kappa shape index (κ2) is 7.01. The molecular formula is C12H25N3O7. The molecule has 1 saturated carbocycles. The van der Waals surface area contributed by atoms with Gasteiger partial charge in [-0.2, -0.15) is 0 Å². The van der Waals surface area contributed by atoms with Gasteiger partial charge in [0.15, 0.2) is 6.29 Å². The lowest BCUT2D eigenvalue weighted by molar-refractivity contribution is -0.318. The molecule has 10 heteroatoms. The van der Waals surface area contributed by atoms with E-state index in [-0.39, 0.29) is 13.0 Å². The molecule has 10 nitrogen and oxygen atoms in total. The summed E-state index contributed by atoms with van der Waals surface area (Å²) in [5.41, 5.74) is 16.9. The van der Waals surface area contributed by atoms with Crippen molar-refractivity contribution in [2.24, 2.45) is 17.2 Å². The molecule has 0 aromatic heterocycles. The minimum Gasteiger partial charge on any atom is -0.389 e. The van der Waals surface area contributed by atoms with Crippen LogP contribution in [0.1, 0.15) is 6.42 Å². The van der Waals surface area contributed by atoms with Gasteiger partial charge in [-0.25, -0.2) is 0 Å². The van der Waals surface area contributed by atoms with E-state index in [2.05, 4.69) is 0 Å². The van der Waals surface area contributed by atoms with Gasteiger partial charge in [-0.1, -0.05) is 0 Å². The van der Waals surface area contributed by atoms with Crippen LogP contribution in [0.25, 0.3) is 0 Å². The molecule has 2 aliphatic rings. The maximum atomic E-state index is 10.0. The molecule has 22 heavy (non-hydrogen) atoms. The third-order valence-electron chi connectivity index (χ3n) is 4.28. The van der Waals surface area contributed by atoms with Gasteiger partial charge in [-0.05, 0) is 6.42 Å². The van der Waals surface area contributed by atoms with Gasteiger partial charge >= 0.3 is 0 Å². The molecule has 0 unspecified atom stereocenters. The fourth-order valence-electron chi connectivity index (χ4n) is 2.85. The highest BCUT2D eigenvalue weighted by molar-refractivity contribution is 4.99. The number of rotatable bonds is 3. The van der Waals surface area contributed by atoms with E-state index in [9.17, 15) is 25.5 Å². The first-order chi connectivity index (χ1) is 10.3. The van der Waals surface area contributed by atoms with E-state index in [1.807, 2.05) is 0 Å². The lowest BCUT2D eigenvalue weighted by Crippen LogP contribution is -2.65. The molecular weight excluding hydrogens is 298 g/mol. The van der Waals surface area contributed by atoms with Crippen molar-refractivity contribution < 1.29 is 35.0 Å². The zero-order chi connectivity index (χ0) is 16.6. The first-order valence-corrected chi connectivity index (χ1v) is 7.20. The molecule has 10 atom stereocenters. The maximum Gasteiger partial charge on any atom is 0.187 e. The maximum absolute atomic E-state index is 10.0. The first kappa shape index (κ1) is 17.9. The molecule has 0 amide bonds. The second-order valence-corrected chi connectivity index (χ2v) is 5.90. The molecule has 0 bridgehead atoms. The molecule has 0 aromatic carbocycles. The molecule has 2 fully saturated rings. The molecule has 130 valence electrons. The van der Waals surface area contributed by atoms with Crippen LogP contribution < -0.4 is 17.2 Å². The molecule has 1 aliphatic carbocycles. The predicted molar refractivity (Wildman–Crippen MR) is 73.2 cm³/mol. The summed E-state index contributed by atoms with van der Waals surface area (Å²) >= 11 is 0. The lowest BCUT2D eigenvalue weighted by atomic mass is 9.84. The summed E-state index contributed by atoms with van der Waals surface area (Å²) in [7, 11) is 0. The van der Waals surface area contributed by atoms with Crippen LogP contribution in [0.15, 0.2) is 0 Å². The van der Waals surface area contributed by atoms with Crippen molar-refractivity contribution in [1.82, 2.24) is 0 Å². The summed E-state index contributed by atoms with van der Waals surface area (Å²) in [4.78, 5) is 0. The van der Waals surface area contributed by atoms with Gasteiger partial charge in [0.2, 0.25) is 0 Å². The quantitative estimate of drug-likeness (QED) is 0.248. The van der Waals surface area contributed by atoms with E-state index in [0.29, 0.717) is 0 Å². The van der Waals surface area contributed by atoms with Gasteiger partial charge in [0, 0.05) is 18.6 Å². The Morgan fingerprint density at radius 2 is 1.50 bits per heavy atom. The molecule has 0 spiro atoms. The van der Waals surface area contributed by atoms with Crippen LogP contribution in [-0.2, 0) is 9.47 Å². The van der Waals surface area contributed by atoms with E-state index < -0.39 is 61.1 Å². The van der Waals surface area contributed by atoms with Crippen LogP contribution in [-0.4, -0.2) is 93.2 Å². The van der Waals surface area contributed by atoms with Gasteiger partial charge < -0.3 is 52.2 Å². The molecule has 1 heterocycles. The Balaban J connectivity index is 2.08. The lowest BCUT2D eigenvalue weighted by Gasteiger charge is -2.45. The van der Waals surface area contributed by atoms with Crippen molar-refractivity contribution in [3.8, 4) is 0 Å². The Labute approximate surface area is 127 Å². The monoisotopic (exact) mass is 323 g/mol. The zero-order valence-corrected chi connectivity index (χ0v) is 12.0. The third kappa shape index (κ3) is 3.26. The summed E-state index contributed by atoms with van der Waals surface area (Å²) in [6, 6.07) is -1.38. The average molecular weight is 323 g/mol. The van der Waals surface area contributed by atoms with Crippen molar-refractivity contribution in [2.75, 3.05) is 6.54 Å². The van der Waals surface area contributed by atoms with Gasteiger partial charge in [-0.15, -0.1) is 0 Å². The molecule has 11 N–H and O–H groups in total. The zero-order valence-electron chi connectivity index (χ0n) is 12.0. The van der Waals surface area contributed by atoms with Gasteiger partial charge in [0.25, 0.3) is 0 Å². The summed E-state index contributed by atoms with van der Waals surface area (Å²) in [6.45, 7) is -0.0996. The summed E-state index contributed by atoms with van der Waals surface area (Å²) in [5, 5.41) is 49.3. The smallest absolute Gasteiger partial charge is 0.187 e. The Morgan fingerprint density at radius 1 is 0.864 bits per heavy atom. The number of aliphatic hydroxyl groups is 5. The largest absolute Gasteiger partial charge is 0.389 e. The van der Waals surface area contributed by atoms with E-state index in [1.54, 1.807) is 0 Å². The van der Waals surface area contributed by atoms with Crippen molar-refractivity contribution >= 4 is 0 Å². The van der Waals surface area contributed by atoms with Crippen LogP contribution >= 0.6 is 0 Å². The second-order valence-electron chi connectivity index (χ2n) is 5.90. The van der Waals surface area contributed by atoms with Crippen molar-refractivity contribution in [2.45, 2.75) is 67.5 Å². The van der Waals surface area contributed by atoms with E-state index in [4.69, 9.17) is 26.7 Å². The third-order valence-corrected chi connectivity index (χ3v) is 4.28. The van der Waals surface area contributed by atoms with Crippen LogP contribution in [0.5, 0.6) is 0 Å². The highest BCUT2D eigenvalue weighted by atomic mass is 16.7. The van der Waals surface area contributed by atoms with E-state index in [1.165, 1.54) is 0 Å². The average Bonchev–Trinajstić information content (AvgIpc) is 2.49. The molecule has 2 rings (SSSR count). The molecule has 0 aromatic rings. The van der Waals surface area contributed by atoms with Crippen molar-refractivity contribution in [3.63, 3.8) is 0 Å². The number of nitrogens with two attached hydrogens (primary N) is 3. The Morgan fingerprint density at radius 3 is 2.09 bits per heavy atom. The van der Waals surface area contributed by atoms with Gasteiger partial charge in [0.1, 0.15) is 36.6 Å². The Kier molecular flexibility index (Phi) is 5.72. The molecule has 1 aliphatic heterocycles. The van der Waals surface area contributed by atoms with Gasteiger partial charge in [-0.3, -0.25) is 0 Å². The number of hydrogen-bond donors (Lipinski definition) is 8. The van der Waals surface area contributed by atoms with Crippen LogP contribution in [0.2, 0.25) is 0 Å². The summed E-state index contributed by atoms with van der Waals surface area (Å²) in [5.74, 6) is 0. The molecule has 0 radical (unpaired) electrons. The van der Waals surface area contributed by atoms with Crippen molar-refractivity contribution in [3.05, 3.63) is 0 Å². The van der Waals surface area contributed by atoms with E-state index in [0.717, 1.165) is 0 Å². The van der Waals surface area contributed by atoms with Gasteiger partial charge in [0.05, 0.1) is 6.10 Å². The molecule has 1 saturated heterocycles. The summed E-state index contributed by atoms with van der Waals surface area (Å²) in [6.07, 6.45) is -10.1. The first-order valence-electron chi connectivity index (χ1n) is 7.20.